The molecule has 0 aromatic carbocycles. The van der Waals surface area contributed by atoms with Crippen LogP contribution >= 0.6 is 0 Å². The second kappa shape index (κ2) is 5.30. The number of esters is 1. The van der Waals surface area contributed by atoms with E-state index in [-0.39, 0.29) is 5.25 Å². The van der Waals surface area contributed by atoms with Crippen molar-refractivity contribution >= 4 is 15.8 Å². The molecule has 0 spiro atoms. The molecule has 0 N–H and O–H groups in total. The SMILES string of the molecule is COC(=O)/C=C\S(=O)(=O)C1CCCCC1. The zero-order valence-corrected chi connectivity index (χ0v) is 9.63. The molecule has 1 fully saturated rings. The maximum absolute atomic E-state index is 11.7. The topological polar surface area (TPSA) is 60.4 Å². The van der Waals surface area contributed by atoms with Gasteiger partial charge in [-0.05, 0) is 12.8 Å². The number of methoxy groups -OCH3 is 1. The van der Waals surface area contributed by atoms with Crippen molar-refractivity contribution in [1.29, 1.82) is 0 Å². The Balaban J connectivity index is 2.65. The minimum atomic E-state index is -3.27. The Morgan fingerprint density at radius 3 is 2.40 bits per heavy atom. The number of rotatable bonds is 3. The monoisotopic (exact) mass is 232 g/mol. The summed E-state index contributed by atoms with van der Waals surface area (Å²) in [4.78, 5) is 10.8. The largest absolute Gasteiger partial charge is 0.466 e. The van der Waals surface area contributed by atoms with Crippen LogP contribution in [0.3, 0.4) is 0 Å². The lowest BCUT2D eigenvalue weighted by Crippen LogP contribution is -2.22. The van der Waals surface area contributed by atoms with Gasteiger partial charge in [0.2, 0.25) is 0 Å². The van der Waals surface area contributed by atoms with Crippen LogP contribution in [0.1, 0.15) is 32.1 Å². The van der Waals surface area contributed by atoms with Crippen molar-refractivity contribution in [3.63, 3.8) is 0 Å². The van der Waals surface area contributed by atoms with Gasteiger partial charge in [0.15, 0.2) is 9.84 Å². The number of sulfone groups is 1. The summed E-state index contributed by atoms with van der Waals surface area (Å²) in [5.74, 6) is -0.630. The molecule has 0 saturated heterocycles. The van der Waals surface area contributed by atoms with Gasteiger partial charge in [-0.1, -0.05) is 19.3 Å². The number of hydrogen-bond donors (Lipinski definition) is 0. The van der Waals surface area contributed by atoms with E-state index in [1.165, 1.54) is 7.11 Å². The molecule has 4 nitrogen and oxygen atoms in total. The molecule has 86 valence electrons. The fourth-order valence-electron chi connectivity index (χ4n) is 1.72. The van der Waals surface area contributed by atoms with Crippen LogP contribution in [0.4, 0.5) is 0 Å². The van der Waals surface area contributed by atoms with Gasteiger partial charge in [-0.3, -0.25) is 0 Å². The summed E-state index contributed by atoms with van der Waals surface area (Å²) in [7, 11) is -2.05. The molecule has 0 unspecified atom stereocenters. The van der Waals surface area contributed by atoms with Gasteiger partial charge in [0.1, 0.15) is 0 Å². The van der Waals surface area contributed by atoms with E-state index in [0.717, 1.165) is 30.7 Å². The summed E-state index contributed by atoms with van der Waals surface area (Å²) in [6.45, 7) is 0. The molecule has 1 aliphatic rings. The van der Waals surface area contributed by atoms with Crippen LogP contribution in [0.2, 0.25) is 0 Å². The predicted molar refractivity (Wildman–Crippen MR) is 56.9 cm³/mol. The molecule has 0 heterocycles. The molecular weight excluding hydrogens is 216 g/mol. The summed E-state index contributed by atoms with van der Waals surface area (Å²) < 4.78 is 27.8. The van der Waals surface area contributed by atoms with Gasteiger partial charge in [0.05, 0.1) is 12.4 Å². The Kier molecular flexibility index (Phi) is 4.32. The Morgan fingerprint density at radius 2 is 1.87 bits per heavy atom. The molecule has 5 heteroatoms. The lowest BCUT2D eigenvalue weighted by atomic mass is 10.0. The summed E-state index contributed by atoms with van der Waals surface area (Å²) in [6.07, 6.45) is 5.39. The average molecular weight is 232 g/mol. The molecule has 1 saturated carbocycles. The number of carbonyl (C=O) groups excluding carboxylic acids is 1. The third-order valence-electron chi connectivity index (χ3n) is 2.61. The van der Waals surface area contributed by atoms with Crippen molar-refractivity contribution in [2.75, 3.05) is 7.11 Å². The van der Waals surface area contributed by atoms with Crippen LogP contribution in [-0.4, -0.2) is 26.7 Å². The second-order valence-electron chi connectivity index (χ2n) is 3.67. The van der Waals surface area contributed by atoms with Crippen molar-refractivity contribution in [2.24, 2.45) is 0 Å². The highest BCUT2D eigenvalue weighted by Gasteiger charge is 2.24. The van der Waals surface area contributed by atoms with Crippen molar-refractivity contribution in [3.05, 3.63) is 11.5 Å². The molecule has 1 aliphatic carbocycles. The van der Waals surface area contributed by atoms with E-state index in [0.29, 0.717) is 12.8 Å². The third kappa shape index (κ3) is 3.66. The number of carbonyl (C=O) groups is 1. The second-order valence-corrected chi connectivity index (χ2v) is 5.79. The summed E-state index contributed by atoms with van der Waals surface area (Å²) in [6, 6.07) is 0. The quantitative estimate of drug-likeness (QED) is 0.545. The molecule has 0 bridgehead atoms. The van der Waals surface area contributed by atoms with Crippen molar-refractivity contribution in [3.8, 4) is 0 Å². The Morgan fingerprint density at radius 1 is 1.27 bits per heavy atom. The van der Waals surface area contributed by atoms with Gasteiger partial charge in [0, 0.05) is 11.5 Å². The first-order valence-corrected chi connectivity index (χ1v) is 6.67. The van der Waals surface area contributed by atoms with Gasteiger partial charge in [-0.2, -0.15) is 0 Å². The highest BCUT2D eigenvalue weighted by atomic mass is 32.2. The fourth-order valence-corrected chi connectivity index (χ4v) is 3.24. The summed E-state index contributed by atoms with van der Waals surface area (Å²) in [5, 5.41) is 0.668. The fraction of sp³-hybridized carbons (Fsp3) is 0.700. The Hall–Kier alpha value is -0.840. The first-order valence-electron chi connectivity index (χ1n) is 5.06. The van der Waals surface area contributed by atoms with E-state index in [9.17, 15) is 13.2 Å². The average Bonchev–Trinajstić information content (AvgIpc) is 2.27. The van der Waals surface area contributed by atoms with E-state index < -0.39 is 15.8 Å². The minimum Gasteiger partial charge on any atom is -0.466 e. The molecular formula is C10H16O4S. The third-order valence-corrected chi connectivity index (χ3v) is 4.53. The van der Waals surface area contributed by atoms with Crippen LogP contribution in [0, 0.1) is 0 Å². The van der Waals surface area contributed by atoms with E-state index in [2.05, 4.69) is 4.74 Å². The molecule has 0 atom stereocenters. The number of ether oxygens (including phenoxy) is 1. The number of hydrogen-bond acceptors (Lipinski definition) is 4. The molecule has 0 aromatic rings. The van der Waals surface area contributed by atoms with Crippen molar-refractivity contribution in [1.82, 2.24) is 0 Å². The van der Waals surface area contributed by atoms with Crippen LogP contribution < -0.4 is 0 Å². The molecule has 0 amide bonds. The molecule has 0 aromatic heterocycles. The van der Waals surface area contributed by atoms with Crippen LogP contribution in [-0.2, 0) is 19.4 Å². The molecule has 1 rings (SSSR count). The lowest BCUT2D eigenvalue weighted by Gasteiger charge is -2.19. The predicted octanol–water partition coefficient (Wildman–Crippen LogP) is 1.42. The zero-order valence-electron chi connectivity index (χ0n) is 8.81. The van der Waals surface area contributed by atoms with Gasteiger partial charge in [0.25, 0.3) is 0 Å². The van der Waals surface area contributed by atoms with Crippen LogP contribution in [0.15, 0.2) is 11.5 Å². The van der Waals surface area contributed by atoms with Crippen molar-refractivity contribution in [2.45, 2.75) is 37.4 Å². The van der Waals surface area contributed by atoms with Crippen LogP contribution in [0.25, 0.3) is 0 Å². The van der Waals surface area contributed by atoms with Gasteiger partial charge >= 0.3 is 5.97 Å². The van der Waals surface area contributed by atoms with Crippen LogP contribution in [0.5, 0.6) is 0 Å². The minimum absolute atomic E-state index is 0.313. The van der Waals surface area contributed by atoms with E-state index in [1.807, 2.05) is 0 Å². The van der Waals surface area contributed by atoms with Gasteiger partial charge in [-0.15, -0.1) is 0 Å². The summed E-state index contributed by atoms with van der Waals surface area (Å²) >= 11 is 0. The van der Waals surface area contributed by atoms with E-state index in [4.69, 9.17) is 0 Å². The van der Waals surface area contributed by atoms with Gasteiger partial charge < -0.3 is 4.74 Å². The smallest absolute Gasteiger partial charge is 0.331 e. The molecule has 15 heavy (non-hydrogen) atoms. The highest BCUT2D eigenvalue weighted by molar-refractivity contribution is 7.94. The first-order chi connectivity index (χ1) is 7.06. The normalized spacial score (nSPS) is 19.3. The summed E-state index contributed by atoms with van der Waals surface area (Å²) in [5.41, 5.74) is 0. The van der Waals surface area contributed by atoms with E-state index in [1.54, 1.807) is 0 Å². The molecule has 0 aliphatic heterocycles. The van der Waals surface area contributed by atoms with Gasteiger partial charge in [-0.25, -0.2) is 13.2 Å². The van der Waals surface area contributed by atoms with E-state index >= 15 is 0 Å². The maximum atomic E-state index is 11.7. The Labute approximate surface area is 90.2 Å². The van der Waals surface area contributed by atoms with Crippen molar-refractivity contribution < 1.29 is 17.9 Å². The highest BCUT2D eigenvalue weighted by Crippen LogP contribution is 2.24. The Bertz CT molecular complexity index is 336. The zero-order chi connectivity index (χ0) is 11.3. The first kappa shape index (κ1) is 12.2. The molecule has 0 radical (unpaired) electrons. The maximum Gasteiger partial charge on any atom is 0.331 e. The standard InChI is InChI=1S/C10H16O4S/c1-14-10(11)7-8-15(12,13)9-5-3-2-4-6-9/h7-9H,2-6H2,1H3/b8-7-. The lowest BCUT2D eigenvalue weighted by molar-refractivity contribution is -0.134.